The summed E-state index contributed by atoms with van der Waals surface area (Å²) in [5.74, 6) is 0.367. The third-order valence-electron chi connectivity index (χ3n) is 2.55. The molecule has 0 spiro atoms. The van der Waals surface area contributed by atoms with Crippen molar-refractivity contribution in [1.82, 2.24) is 0 Å². The molecule has 0 aliphatic rings. The van der Waals surface area contributed by atoms with Gasteiger partial charge in [0.15, 0.2) is 0 Å². The van der Waals surface area contributed by atoms with Crippen LogP contribution < -0.4 is 10.5 Å². The summed E-state index contributed by atoms with van der Waals surface area (Å²) in [6.07, 6.45) is 2.73. The molecule has 0 aromatic heterocycles. The smallest absolute Gasteiger partial charge is 0.306 e. The van der Waals surface area contributed by atoms with Crippen molar-refractivity contribution in [3.05, 3.63) is 42.5 Å². The quantitative estimate of drug-likeness (QED) is 0.421. The topological polar surface area (TPSA) is 78.6 Å². The predicted octanol–water partition coefficient (Wildman–Crippen LogP) is 1.60. The van der Waals surface area contributed by atoms with Crippen molar-refractivity contribution < 1.29 is 19.1 Å². The van der Waals surface area contributed by atoms with Crippen LogP contribution in [0.5, 0.6) is 5.75 Å². The molecule has 1 rings (SSSR count). The monoisotopic (exact) mass is 277 g/mol. The lowest BCUT2D eigenvalue weighted by molar-refractivity contribution is -0.145. The maximum absolute atomic E-state index is 11.4. The number of benzene rings is 1. The highest BCUT2D eigenvalue weighted by Gasteiger charge is 2.07. The van der Waals surface area contributed by atoms with Gasteiger partial charge in [-0.25, -0.2) is 0 Å². The van der Waals surface area contributed by atoms with Gasteiger partial charge in [0.2, 0.25) is 0 Å². The molecule has 2 N–H and O–H groups in total. The average Bonchev–Trinajstić information content (AvgIpc) is 2.49. The first-order valence-electron chi connectivity index (χ1n) is 6.35. The number of esters is 1. The Kier molecular flexibility index (Phi) is 7.06. The number of aldehydes is 1. The number of carbonyl (C=O) groups excluding carboxylic acids is 2. The summed E-state index contributed by atoms with van der Waals surface area (Å²) < 4.78 is 10.4. The Balaban J connectivity index is 2.32. The second-order valence-electron chi connectivity index (χ2n) is 4.24. The van der Waals surface area contributed by atoms with Crippen LogP contribution in [-0.2, 0) is 20.9 Å². The molecule has 0 bridgehead atoms. The molecule has 1 aromatic rings. The van der Waals surface area contributed by atoms with Crippen LogP contribution in [0.2, 0.25) is 0 Å². The molecule has 0 aliphatic carbocycles. The molecule has 0 heterocycles. The molecule has 0 radical (unpaired) electrons. The van der Waals surface area contributed by atoms with Crippen molar-refractivity contribution in [2.75, 3.05) is 6.61 Å². The van der Waals surface area contributed by atoms with Gasteiger partial charge in [0.1, 0.15) is 25.2 Å². The molecule has 20 heavy (non-hydrogen) atoms. The highest BCUT2D eigenvalue weighted by Crippen LogP contribution is 2.13. The molecular formula is C15H19NO4. The fourth-order valence-corrected chi connectivity index (χ4v) is 1.43. The van der Waals surface area contributed by atoms with Gasteiger partial charge in [-0.1, -0.05) is 24.8 Å². The molecule has 1 atom stereocenters. The molecular weight excluding hydrogens is 258 g/mol. The fraction of sp³-hybridized carbons (Fsp3) is 0.333. The summed E-state index contributed by atoms with van der Waals surface area (Å²) in [5, 5.41) is 0. The van der Waals surface area contributed by atoms with E-state index in [-0.39, 0.29) is 19.0 Å². The minimum absolute atomic E-state index is 0.139. The van der Waals surface area contributed by atoms with Gasteiger partial charge in [-0.2, -0.15) is 0 Å². The Morgan fingerprint density at radius 3 is 2.65 bits per heavy atom. The van der Waals surface area contributed by atoms with Crippen LogP contribution in [0.3, 0.4) is 0 Å². The van der Waals surface area contributed by atoms with Crippen LogP contribution in [-0.4, -0.2) is 24.9 Å². The Labute approximate surface area is 118 Å². The highest BCUT2D eigenvalue weighted by molar-refractivity contribution is 5.70. The summed E-state index contributed by atoms with van der Waals surface area (Å²) in [4.78, 5) is 21.7. The molecule has 5 heteroatoms. The van der Waals surface area contributed by atoms with E-state index < -0.39 is 6.04 Å². The van der Waals surface area contributed by atoms with Gasteiger partial charge in [0.05, 0.1) is 6.04 Å². The molecule has 0 fully saturated rings. The number of ether oxygens (including phenoxy) is 2. The van der Waals surface area contributed by atoms with E-state index in [1.54, 1.807) is 18.2 Å². The minimum Gasteiger partial charge on any atom is -0.490 e. The summed E-state index contributed by atoms with van der Waals surface area (Å²) >= 11 is 0. The lowest BCUT2D eigenvalue weighted by atomic mass is 10.2. The van der Waals surface area contributed by atoms with E-state index in [9.17, 15) is 9.59 Å². The van der Waals surface area contributed by atoms with E-state index in [1.165, 1.54) is 0 Å². The molecule has 0 unspecified atom stereocenters. The Hall–Kier alpha value is -2.14. The van der Waals surface area contributed by atoms with E-state index >= 15 is 0 Å². The highest BCUT2D eigenvalue weighted by atomic mass is 16.5. The van der Waals surface area contributed by atoms with Crippen molar-refractivity contribution >= 4 is 12.3 Å². The number of hydrogen-bond acceptors (Lipinski definition) is 5. The average molecular weight is 277 g/mol. The number of hydrogen-bond donors (Lipinski definition) is 1. The van der Waals surface area contributed by atoms with Crippen LogP contribution in [0.1, 0.15) is 18.4 Å². The van der Waals surface area contributed by atoms with E-state index in [4.69, 9.17) is 15.2 Å². The molecule has 5 nitrogen and oxygen atoms in total. The van der Waals surface area contributed by atoms with Gasteiger partial charge in [-0.3, -0.25) is 4.79 Å². The van der Waals surface area contributed by atoms with Gasteiger partial charge in [-0.15, -0.1) is 0 Å². The zero-order chi connectivity index (χ0) is 14.8. The lowest BCUT2D eigenvalue weighted by Crippen LogP contribution is -2.22. The molecule has 0 amide bonds. The maximum atomic E-state index is 11.4. The van der Waals surface area contributed by atoms with Crippen molar-refractivity contribution in [2.24, 2.45) is 5.73 Å². The summed E-state index contributed by atoms with van der Waals surface area (Å²) in [7, 11) is 0. The fourth-order valence-electron chi connectivity index (χ4n) is 1.43. The summed E-state index contributed by atoms with van der Waals surface area (Å²) in [5.41, 5.74) is 6.25. The van der Waals surface area contributed by atoms with Crippen molar-refractivity contribution in [2.45, 2.75) is 25.5 Å². The third-order valence-corrected chi connectivity index (χ3v) is 2.55. The van der Waals surface area contributed by atoms with Gasteiger partial charge in [0, 0.05) is 6.42 Å². The van der Waals surface area contributed by atoms with E-state index in [0.717, 1.165) is 11.3 Å². The first-order valence-corrected chi connectivity index (χ1v) is 6.35. The van der Waals surface area contributed by atoms with Crippen LogP contribution in [0.4, 0.5) is 0 Å². The van der Waals surface area contributed by atoms with Crippen molar-refractivity contribution in [3.63, 3.8) is 0 Å². The largest absolute Gasteiger partial charge is 0.490 e. The van der Waals surface area contributed by atoms with Crippen molar-refractivity contribution in [1.29, 1.82) is 0 Å². The van der Waals surface area contributed by atoms with Crippen LogP contribution in [0.15, 0.2) is 36.9 Å². The molecule has 0 aliphatic heterocycles. The van der Waals surface area contributed by atoms with Gasteiger partial charge in [0.25, 0.3) is 0 Å². The zero-order valence-electron chi connectivity index (χ0n) is 11.3. The van der Waals surface area contributed by atoms with Gasteiger partial charge in [-0.05, 0) is 24.1 Å². The van der Waals surface area contributed by atoms with Crippen LogP contribution in [0.25, 0.3) is 0 Å². The molecule has 1 aromatic carbocycles. The Bertz CT molecular complexity index is 442. The van der Waals surface area contributed by atoms with Crippen molar-refractivity contribution in [3.8, 4) is 5.75 Å². The maximum Gasteiger partial charge on any atom is 0.306 e. The third kappa shape index (κ3) is 6.15. The summed E-state index contributed by atoms with van der Waals surface area (Å²) in [6.45, 7) is 4.21. The zero-order valence-corrected chi connectivity index (χ0v) is 11.3. The van der Waals surface area contributed by atoms with E-state index in [1.807, 2.05) is 12.1 Å². The molecule has 0 saturated heterocycles. The number of nitrogens with two attached hydrogens (primary N) is 1. The van der Waals surface area contributed by atoms with Crippen LogP contribution in [0, 0.1) is 0 Å². The van der Waals surface area contributed by atoms with E-state index in [0.29, 0.717) is 19.3 Å². The van der Waals surface area contributed by atoms with Gasteiger partial charge < -0.3 is 20.0 Å². The first kappa shape index (κ1) is 15.9. The Morgan fingerprint density at radius 1 is 1.35 bits per heavy atom. The SMILES string of the molecule is C=CCOc1ccc(COC(=O)CC[C@H](N)C=O)cc1. The molecule has 108 valence electrons. The first-order chi connectivity index (χ1) is 9.65. The standard InChI is InChI=1S/C15H19NO4/c1-2-9-19-14-6-3-12(4-7-14)11-20-15(18)8-5-13(16)10-17/h2-4,6-7,10,13H,1,5,8-9,11,16H2/t13-/m0/s1. The van der Waals surface area contributed by atoms with Crippen LogP contribution >= 0.6 is 0 Å². The Morgan fingerprint density at radius 2 is 2.05 bits per heavy atom. The second-order valence-corrected chi connectivity index (χ2v) is 4.24. The normalized spacial score (nSPS) is 11.4. The second kappa shape index (κ2) is 8.87. The van der Waals surface area contributed by atoms with E-state index in [2.05, 4.69) is 6.58 Å². The van der Waals surface area contributed by atoms with Gasteiger partial charge >= 0.3 is 5.97 Å². The summed E-state index contributed by atoms with van der Waals surface area (Å²) in [6, 6.07) is 6.64. The lowest BCUT2D eigenvalue weighted by Gasteiger charge is -2.07. The minimum atomic E-state index is -0.608. The number of rotatable bonds is 9. The molecule has 0 saturated carbocycles. The number of carbonyl (C=O) groups is 2. The predicted molar refractivity (Wildman–Crippen MR) is 75.2 cm³/mol.